The van der Waals surface area contributed by atoms with Crippen LogP contribution in [0.25, 0.3) is 16.6 Å². The van der Waals surface area contributed by atoms with Gasteiger partial charge in [0.2, 0.25) is 5.91 Å². The van der Waals surface area contributed by atoms with E-state index in [0.29, 0.717) is 43.5 Å². The monoisotopic (exact) mass is 418 g/mol. The van der Waals surface area contributed by atoms with Gasteiger partial charge >= 0.3 is 0 Å². The van der Waals surface area contributed by atoms with Crippen LogP contribution in [0.2, 0.25) is 0 Å². The molecular formula is C21H30N4O3S. The van der Waals surface area contributed by atoms with Crippen molar-refractivity contribution in [2.24, 2.45) is 0 Å². The van der Waals surface area contributed by atoms with Crippen molar-refractivity contribution in [2.45, 2.75) is 59.4 Å². The SMILES string of the molecule is CCCSCCCNC(=O)CCCn1nc(CC)n2c(cc3oc(C)cc32)c1=O. The van der Waals surface area contributed by atoms with Crippen LogP contribution in [0.15, 0.2) is 21.3 Å². The third-order valence-electron chi connectivity index (χ3n) is 4.79. The zero-order valence-corrected chi connectivity index (χ0v) is 18.3. The Hall–Kier alpha value is -2.22. The van der Waals surface area contributed by atoms with Gasteiger partial charge in [-0.25, -0.2) is 4.68 Å². The van der Waals surface area contributed by atoms with E-state index >= 15 is 0 Å². The molecule has 0 aliphatic heterocycles. The van der Waals surface area contributed by atoms with Gasteiger partial charge in [0.1, 0.15) is 17.1 Å². The highest BCUT2D eigenvalue weighted by molar-refractivity contribution is 7.99. The molecule has 7 nitrogen and oxygen atoms in total. The third-order valence-corrected chi connectivity index (χ3v) is 6.06. The maximum atomic E-state index is 12.9. The normalized spacial score (nSPS) is 11.6. The topological polar surface area (TPSA) is 81.5 Å². The minimum Gasteiger partial charge on any atom is -0.460 e. The molecule has 1 N–H and O–H groups in total. The Morgan fingerprint density at radius 1 is 1.21 bits per heavy atom. The van der Waals surface area contributed by atoms with Gasteiger partial charge in [-0.3, -0.25) is 14.0 Å². The zero-order chi connectivity index (χ0) is 20.8. The van der Waals surface area contributed by atoms with E-state index in [1.54, 1.807) is 6.07 Å². The number of nitrogens with zero attached hydrogens (tertiary/aromatic N) is 3. The van der Waals surface area contributed by atoms with E-state index < -0.39 is 0 Å². The van der Waals surface area contributed by atoms with Crippen molar-refractivity contribution in [3.8, 4) is 0 Å². The third kappa shape index (κ3) is 5.04. The summed E-state index contributed by atoms with van der Waals surface area (Å²) in [5.41, 5.74) is 1.99. The maximum absolute atomic E-state index is 12.9. The number of nitrogens with one attached hydrogen (secondary N) is 1. The fraction of sp³-hybridized carbons (Fsp3) is 0.571. The van der Waals surface area contributed by atoms with Gasteiger partial charge in [-0.1, -0.05) is 13.8 Å². The summed E-state index contributed by atoms with van der Waals surface area (Å²) < 4.78 is 9.04. The van der Waals surface area contributed by atoms with E-state index in [9.17, 15) is 9.59 Å². The van der Waals surface area contributed by atoms with Crippen LogP contribution in [0, 0.1) is 6.92 Å². The second kappa shape index (κ2) is 10.0. The van der Waals surface area contributed by atoms with Crippen LogP contribution >= 0.6 is 11.8 Å². The van der Waals surface area contributed by atoms with Gasteiger partial charge in [0.05, 0.1) is 5.52 Å². The highest BCUT2D eigenvalue weighted by Crippen LogP contribution is 2.23. The minimum atomic E-state index is -0.153. The minimum absolute atomic E-state index is 0.0333. The van der Waals surface area contributed by atoms with E-state index in [4.69, 9.17) is 4.42 Å². The highest BCUT2D eigenvalue weighted by atomic mass is 32.2. The number of carbonyl (C=O) groups excluding carboxylic acids is 1. The molecule has 0 atom stereocenters. The van der Waals surface area contributed by atoms with Crippen LogP contribution in [0.4, 0.5) is 0 Å². The van der Waals surface area contributed by atoms with Crippen LogP contribution in [0.5, 0.6) is 0 Å². The number of aromatic nitrogens is 3. The molecule has 0 spiro atoms. The number of thioether (sulfide) groups is 1. The van der Waals surface area contributed by atoms with Crippen LogP contribution in [-0.2, 0) is 17.8 Å². The number of furan rings is 1. The fourth-order valence-corrected chi connectivity index (χ4v) is 4.26. The van der Waals surface area contributed by atoms with Crippen molar-refractivity contribution < 1.29 is 9.21 Å². The number of rotatable bonds is 11. The predicted molar refractivity (Wildman–Crippen MR) is 118 cm³/mol. The van der Waals surface area contributed by atoms with Gasteiger partial charge in [-0.2, -0.15) is 16.9 Å². The summed E-state index contributed by atoms with van der Waals surface area (Å²) >= 11 is 1.92. The van der Waals surface area contributed by atoms with Crippen molar-refractivity contribution >= 4 is 34.3 Å². The standard InChI is InChI=1S/C21H30N4O3S/c1-4-11-29-12-7-9-22-20(26)8-6-10-24-21(27)17-14-18-16(13-15(3)28-18)25(17)19(5-2)23-24/h13-14H,4-12H2,1-3H3,(H,22,26). The molecule has 0 radical (unpaired) electrons. The van der Waals surface area contributed by atoms with Crippen molar-refractivity contribution in [1.82, 2.24) is 19.5 Å². The molecule has 1 amide bonds. The first-order valence-corrected chi connectivity index (χ1v) is 11.6. The molecule has 8 heteroatoms. The second-order valence-corrected chi connectivity index (χ2v) is 8.41. The Balaban J connectivity index is 1.60. The molecule has 0 saturated heterocycles. The molecule has 0 bridgehead atoms. The molecule has 0 aliphatic rings. The Morgan fingerprint density at radius 3 is 2.79 bits per heavy atom. The Kier molecular flexibility index (Phi) is 7.41. The summed E-state index contributed by atoms with van der Waals surface area (Å²) in [5.74, 6) is 3.90. The van der Waals surface area contributed by atoms with E-state index in [1.807, 2.05) is 36.1 Å². The lowest BCUT2D eigenvalue weighted by Gasteiger charge is -2.10. The van der Waals surface area contributed by atoms with E-state index in [2.05, 4.69) is 17.3 Å². The Labute approximate surface area is 174 Å². The molecule has 0 fully saturated rings. The molecule has 0 saturated carbocycles. The summed E-state index contributed by atoms with van der Waals surface area (Å²) in [5, 5.41) is 7.50. The molecule has 0 unspecified atom stereocenters. The molecule has 3 aromatic rings. The highest BCUT2D eigenvalue weighted by Gasteiger charge is 2.16. The first-order chi connectivity index (χ1) is 14.0. The lowest BCUT2D eigenvalue weighted by molar-refractivity contribution is -0.121. The summed E-state index contributed by atoms with van der Waals surface area (Å²) in [6.45, 7) is 7.21. The predicted octanol–water partition coefficient (Wildman–Crippen LogP) is 3.54. The lowest BCUT2D eigenvalue weighted by Crippen LogP contribution is -2.28. The van der Waals surface area contributed by atoms with Crippen molar-refractivity contribution in [1.29, 1.82) is 0 Å². The smallest absolute Gasteiger partial charge is 0.291 e. The van der Waals surface area contributed by atoms with Gasteiger partial charge in [-0.15, -0.1) is 0 Å². The largest absolute Gasteiger partial charge is 0.460 e. The number of fused-ring (bicyclic) bond motifs is 3. The first kappa shape index (κ1) is 21.5. The molecule has 29 heavy (non-hydrogen) atoms. The number of hydrogen-bond acceptors (Lipinski definition) is 5. The Morgan fingerprint density at radius 2 is 2.03 bits per heavy atom. The van der Waals surface area contributed by atoms with Gasteiger partial charge in [-0.05, 0) is 37.7 Å². The average molecular weight is 419 g/mol. The van der Waals surface area contributed by atoms with Gasteiger partial charge in [0.15, 0.2) is 5.58 Å². The summed E-state index contributed by atoms with van der Waals surface area (Å²) in [6, 6.07) is 3.71. The summed E-state index contributed by atoms with van der Waals surface area (Å²) in [4.78, 5) is 24.9. The van der Waals surface area contributed by atoms with Crippen molar-refractivity contribution in [2.75, 3.05) is 18.1 Å². The molecule has 0 aliphatic carbocycles. The second-order valence-electron chi connectivity index (χ2n) is 7.19. The van der Waals surface area contributed by atoms with Gasteiger partial charge < -0.3 is 9.73 Å². The molecule has 3 aromatic heterocycles. The summed E-state index contributed by atoms with van der Waals surface area (Å²) in [7, 11) is 0. The average Bonchev–Trinajstić information content (AvgIpc) is 3.23. The maximum Gasteiger partial charge on any atom is 0.291 e. The van der Waals surface area contributed by atoms with Crippen LogP contribution in [-0.4, -0.2) is 38.1 Å². The number of amides is 1. The van der Waals surface area contributed by atoms with Crippen LogP contribution < -0.4 is 10.9 Å². The van der Waals surface area contributed by atoms with Crippen LogP contribution in [0.3, 0.4) is 0 Å². The van der Waals surface area contributed by atoms with Crippen molar-refractivity contribution in [3.63, 3.8) is 0 Å². The molecule has 3 rings (SSSR count). The Bertz CT molecular complexity index is 1030. The van der Waals surface area contributed by atoms with Gasteiger partial charge in [0.25, 0.3) is 5.56 Å². The van der Waals surface area contributed by atoms with E-state index in [0.717, 1.165) is 29.3 Å². The van der Waals surface area contributed by atoms with E-state index in [-0.39, 0.29) is 11.5 Å². The number of aryl methyl sites for hydroxylation is 3. The van der Waals surface area contributed by atoms with Crippen LogP contribution in [0.1, 0.15) is 51.1 Å². The molecule has 0 aromatic carbocycles. The number of hydrogen-bond donors (Lipinski definition) is 1. The van der Waals surface area contributed by atoms with E-state index in [1.165, 1.54) is 16.9 Å². The van der Waals surface area contributed by atoms with Crippen molar-refractivity contribution in [3.05, 3.63) is 34.1 Å². The van der Waals surface area contributed by atoms with Gasteiger partial charge in [0, 0.05) is 38.1 Å². The lowest BCUT2D eigenvalue weighted by atomic mass is 10.3. The molecule has 3 heterocycles. The molecular weight excluding hydrogens is 388 g/mol. The first-order valence-electron chi connectivity index (χ1n) is 10.4. The summed E-state index contributed by atoms with van der Waals surface area (Å²) in [6.07, 6.45) is 3.85. The zero-order valence-electron chi connectivity index (χ0n) is 17.5. The number of carbonyl (C=O) groups is 1. The quantitative estimate of drug-likeness (QED) is 0.482. The molecule has 158 valence electrons. The fourth-order valence-electron chi connectivity index (χ4n) is 3.42.